The van der Waals surface area contributed by atoms with E-state index in [9.17, 15) is 18.5 Å². The van der Waals surface area contributed by atoms with E-state index in [1.165, 1.54) is 12.1 Å². The van der Waals surface area contributed by atoms with E-state index in [2.05, 4.69) is 0 Å². The van der Waals surface area contributed by atoms with E-state index in [4.69, 9.17) is 11.6 Å². The lowest BCUT2D eigenvalue weighted by molar-refractivity contribution is -0.387. The van der Waals surface area contributed by atoms with Gasteiger partial charge in [-0.1, -0.05) is 12.1 Å². The zero-order chi connectivity index (χ0) is 10.8. The quantitative estimate of drug-likeness (QED) is 0.453. The first-order valence-corrected chi connectivity index (χ1v) is 5.70. The number of nitro benzene ring substituents is 1. The summed E-state index contributed by atoms with van der Waals surface area (Å²) in [4.78, 5) is 9.38. The van der Waals surface area contributed by atoms with Crippen molar-refractivity contribution in [3.05, 3.63) is 34.4 Å². The van der Waals surface area contributed by atoms with Crippen molar-refractivity contribution in [2.45, 2.75) is 4.90 Å². The summed E-state index contributed by atoms with van der Waals surface area (Å²) in [5, 5.41) is 9.81. The molecular formula is C7H6ClNO4S. The Kier molecular flexibility index (Phi) is 3.07. The molecule has 0 radical (unpaired) electrons. The highest BCUT2D eigenvalue weighted by Crippen LogP contribution is 2.24. The minimum Gasteiger partial charge on any atom is -0.258 e. The Balaban J connectivity index is 3.42. The van der Waals surface area contributed by atoms with Crippen molar-refractivity contribution in [2.75, 3.05) is 5.21 Å². The molecule has 0 amide bonds. The lowest BCUT2D eigenvalue weighted by Crippen LogP contribution is -2.05. The molecule has 0 aromatic heterocycles. The van der Waals surface area contributed by atoms with E-state index in [1.54, 1.807) is 0 Å². The molecule has 1 aromatic carbocycles. The Bertz CT molecular complexity index is 457. The minimum absolute atomic E-state index is 0.347. The lowest BCUT2D eigenvalue weighted by Gasteiger charge is -2.00. The summed E-state index contributed by atoms with van der Waals surface area (Å²) in [6.45, 7) is 0. The SMILES string of the molecule is O=[N+]([O-])c1ccccc1S(=O)(=O)CCl. The highest BCUT2D eigenvalue weighted by molar-refractivity contribution is 7.92. The van der Waals surface area contributed by atoms with E-state index in [1.807, 2.05) is 0 Å². The third-order valence-electron chi connectivity index (χ3n) is 1.54. The van der Waals surface area contributed by atoms with Gasteiger partial charge in [-0.3, -0.25) is 10.1 Å². The Morgan fingerprint density at radius 3 is 2.43 bits per heavy atom. The van der Waals surface area contributed by atoms with Crippen molar-refractivity contribution >= 4 is 27.1 Å². The largest absolute Gasteiger partial charge is 0.288 e. The molecule has 0 heterocycles. The molecule has 1 aromatic rings. The van der Waals surface area contributed by atoms with Gasteiger partial charge in [-0.25, -0.2) is 8.42 Å². The fourth-order valence-electron chi connectivity index (χ4n) is 0.930. The molecule has 0 aliphatic heterocycles. The number of benzene rings is 1. The molecule has 14 heavy (non-hydrogen) atoms. The molecule has 0 fully saturated rings. The van der Waals surface area contributed by atoms with Crippen LogP contribution in [0.3, 0.4) is 0 Å². The van der Waals surface area contributed by atoms with Gasteiger partial charge in [0.25, 0.3) is 5.69 Å². The van der Waals surface area contributed by atoms with Gasteiger partial charge < -0.3 is 0 Å². The Labute approximate surface area is 85.4 Å². The number of sulfone groups is 1. The topological polar surface area (TPSA) is 77.3 Å². The van der Waals surface area contributed by atoms with Gasteiger partial charge in [0.05, 0.1) is 4.92 Å². The molecule has 0 bridgehead atoms. The highest BCUT2D eigenvalue weighted by Gasteiger charge is 2.23. The molecule has 0 aliphatic carbocycles. The summed E-state index contributed by atoms with van der Waals surface area (Å²) in [5.74, 6) is 0. The molecule has 0 aliphatic rings. The average Bonchev–Trinajstić information content (AvgIpc) is 2.18. The number of hydrogen-bond acceptors (Lipinski definition) is 4. The van der Waals surface area contributed by atoms with Crippen LogP contribution in [0.2, 0.25) is 0 Å². The fourth-order valence-corrected chi connectivity index (χ4v) is 2.15. The molecule has 1 rings (SSSR count). The fraction of sp³-hybridized carbons (Fsp3) is 0.143. The van der Waals surface area contributed by atoms with E-state index in [0.717, 1.165) is 12.1 Å². The first kappa shape index (κ1) is 10.9. The normalized spacial score (nSPS) is 11.2. The van der Waals surface area contributed by atoms with E-state index in [0.29, 0.717) is 0 Å². The molecule has 0 N–H and O–H groups in total. The predicted molar refractivity (Wildman–Crippen MR) is 51.0 cm³/mol. The van der Waals surface area contributed by atoms with Gasteiger partial charge in [-0.2, -0.15) is 0 Å². The van der Waals surface area contributed by atoms with E-state index < -0.39 is 25.7 Å². The molecule has 0 saturated heterocycles. The first-order valence-electron chi connectivity index (χ1n) is 3.51. The van der Waals surface area contributed by atoms with Crippen LogP contribution in [0.15, 0.2) is 29.2 Å². The van der Waals surface area contributed by atoms with Crippen molar-refractivity contribution < 1.29 is 13.3 Å². The maximum absolute atomic E-state index is 11.3. The summed E-state index contributed by atoms with van der Waals surface area (Å²) in [7, 11) is -3.75. The maximum Gasteiger partial charge on any atom is 0.288 e. The van der Waals surface area contributed by atoms with Crippen molar-refractivity contribution in [2.24, 2.45) is 0 Å². The lowest BCUT2D eigenvalue weighted by atomic mass is 10.3. The van der Waals surface area contributed by atoms with Crippen LogP contribution in [0, 0.1) is 10.1 Å². The smallest absolute Gasteiger partial charge is 0.258 e. The molecule has 0 spiro atoms. The van der Waals surface area contributed by atoms with Crippen LogP contribution >= 0.6 is 11.6 Å². The average molecular weight is 236 g/mol. The Morgan fingerprint density at radius 2 is 1.93 bits per heavy atom. The summed E-state index contributed by atoms with van der Waals surface area (Å²) in [6.07, 6.45) is 0. The van der Waals surface area contributed by atoms with Crippen LogP contribution in [0.5, 0.6) is 0 Å². The van der Waals surface area contributed by atoms with Gasteiger partial charge in [0.15, 0.2) is 9.84 Å². The summed E-state index contributed by atoms with van der Waals surface area (Å²) in [5.41, 5.74) is -0.451. The minimum atomic E-state index is -3.75. The van der Waals surface area contributed by atoms with Crippen molar-refractivity contribution in [1.29, 1.82) is 0 Å². The van der Waals surface area contributed by atoms with Gasteiger partial charge in [0.2, 0.25) is 0 Å². The van der Waals surface area contributed by atoms with Gasteiger partial charge in [-0.15, -0.1) is 11.6 Å². The van der Waals surface area contributed by atoms with Crippen LogP contribution in [-0.2, 0) is 9.84 Å². The molecule has 7 heteroatoms. The number of halogens is 1. The Morgan fingerprint density at radius 1 is 1.36 bits per heavy atom. The van der Waals surface area contributed by atoms with E-state index in [-0.39, 0.29) is 4.90 Å². The van der Waals surface area contributed by atoms with Crippen LogP contribution < -0.4 is 0 Å². The van der Waals surface area contributed by atoms with Crippen LogP contribution in [0.25, 0.3) is 0 Å². The second kappa shape index (κ2) is 3.93. The van der Waals surface area contributed by atoms with Crippen molar-refractivity contribution in [3.8, 4) is 0 Å². The third kappa shape index (κ3) is 2.02. The number of para-hydroxylation sites is 1. The number of rotatable bonds is 3. The van der Waals surface area contributed by atoms with E-state index >= 15 is 0 Å². The van der Waals surface area contributed by atoms with Gasteiger partial charge in [-0.05, 0) is 6.07 Å². The zero-order valence-corrected chi connectivity index (χ0v) is 8.46. The summed E-state index contributed by atoms with van der Waals surface area (Å²) < 4.78 is 22.6. The zero-order valence-electron chi connectivity index (χ0n) is 6.88. The number of hydrogen-bond donors (Lipinski definition) is 0. The van der Waals surface area contributed by atoms with Crippen LogP contribution in [0.1, 0.15) is 0 Å². The number of nitro groups is 1. The van der Waals surface area contributed by atoms with Crippen molar-refractivity contribution in [1.82, 2.24) is 0 Å². The summed E-state index contributed by atoms with van der Waals surface area (Å²) >= 11 is 5.19. The Hall–Kier alpha value is -1.14. The third-order valence-corrected chi connectivity index (χ3v) is 3.71. The number of nitrogens with zero attached hydrogens (tertiary/aromatic N) is 1. The molecule has 0 unspecified atom stereocenters. The highest BCUT2D eigenvalue weighted by atomic mass is 35.5. The molecule has 0 saturated carbocycles. The molecule has 5 nitrogen and oxygen atoms in total. The number of alkyl halides is 1. The second-order valence-electron chi connectivity index (χ2n) is 2.45. The van der Waals surface area contributed by atoms with Crippen LogP contribution in [0.4, 0.5) is 5.69 Å². The maximum atomic E-state index is 11.3. The monoisotopic (exact) mass is 235 g/mol. The van der Waals surface area contributed by atoms with Gasteiger partial charge in [0.1, 0.15) is 10.1 Å². The van der Waals surface area contributed by atoms with Crippen LogP contribution in [-0.4, -0.2) is 18.6 Å². The van der Waals surface area contributed by atoms with Gasteiger partial charge >= 0.3 is 0 Å². The van der Waals surface area contributed by atoms with Crippen molar-refractivity contribution in [3.63, 3.8) is 0 Å². The standard InChI is InChI=1S/C7H6ClNO4S/c8-5-14(12,13)7-4-2-1-3-6(7)9(10)11/h1-4H,5H2. The van der Waals surface area contributed by atoms with Gasteiger partial charge in [0, 0.05) is 6.07 Å². The molecular weight excluding hydrogens is 230 g/mol. The summed E-state index contributed by atoms with van der Waals surface area (Å²) in [6, 6.07) is 5.09. The predicted octanol–water partition coefficient (Wildman–Crippen LogP) is 1.56. The molecule has 0 atom stereocenters. The second-order valence-corrected chi connectivity index (χ2v) is 4.99. The molecule has 76 valence electrons. The first-order chi connectivity index (χ1) is 6.49.